The van der Waals surface area contributed by atoms with E-state index in [2.05, 4.69) is 10.6 Å². The van der Waals surface area contributed by atoms with Crippen molar-refractivity contribution in [2.24, 2.45) is 0 Å². The third kappa shape index (κ3) is 7.40. The molecular weight excluding hydrogens is 446 g/mol. The fourth-order valence-electron chi connectivity index (χ4n) is 2.85. The van der Waals surface area contributed by atoms with Gasteiger partial charge >= 0.3 is 6.09 Å². The Morgan fingerprint density at radius 3 is 2.18 bits per heavy atom. The second kappa shape index (κ2) is 10.2. The Morgan fingerprint density at radius 2 is 1.61 bits per heavy atom. The van der Waals surface area contributed by atoms with Crippen molar-refractivity contribution >= 4 is 34.8 Å². The van der Waals surface area contributed by atoms with Crippen molar-refractivity contribution < 1.29 is 19.2 Å². The van der Waals surface area contributed by atoms with E-state index < -0.39 is 16.6 Å². The lowest BCUT2D eigenvalue weighted by atomic mass is 10.2. The summed E-state index contributed by atoms with van der Waals surface area (Å²) in [6.45, 7) is 5.58. The van der Waals surface area contributed by atoms with Gasteiger partial charge in [-0.05, 0) is 74.9 Å². The zero-order valence-corrected chi connectivity index (χ0v) is 19.2. The monoisotopic (exact) mass is 469 g/mol. The molecule has 172 valence electrons. The van der Waals surface area contributed by atoms with Crippen LogP contribution in [0.25, 0.3) is 0 Å². The summed E-state index contributed by atoms with van der Waals surface area (Å²) < 4.78 is 11.0. The van der Waals surface area contributed by atoms with Crippen LogP contribution in [0.15, 0.2) is 66.7 Å². The minimum atomic E-state index is -0.657. The fourth-order valence-corrected chi connectivity index (χ4v) is 2.97. The zero-order valence-electron chi connectivity index (χ0n) is 18.4. The van der Waals surface area contributed by atoms with Gasteiger partial charge in [-0.25, -0.2) is 4.79 Å². The van der Waals surface area contributed by atoms with Crippen LogP contribution in [0, 0.1) is 10.1 Å². The summed E-state index contributed by atoms with van der Waals surface area (Å²) >= 11 is 5.88. The molecule has 0 spiro atoms. The molecule has 0 unspecified atom stereocenters. The van der Waals surface area contributed by atoms with Gasteiger partial charge in [-0.2, -0.15) is 0 Å². The maximum absolute atomic E-state index is 12.0. The molecule has 0 saturated heterocycles. The summed E-state index contributed by atoms with van der Waals surface area (Å²) in [6, 6.07) is 18.6. The van der Waals surface area contributed by atoms with Crippen LogP contribution < -0.4 is 15.4 Å². The van der Waals surface area contributed by atoms with Crippen molar-refractivity contribution in [3.63, 3.8) is 0 Å². The van der Waals surface area contributed by atoms with Crippen molar-refractivity contribution in [3.05, 3.63) is 87.4 Å². The molecule has 8 nitrogen and oxygen atoms in total. The summed E-state index contributed by atoms with van der Waals surface area (Å²) in [5.41, 5.74) is 0.778. The summed E-state index contributed by atoms with van der Waals surface area (Å²) in [4.78, 5) is 22.9. The van der Waals surface area contributed by atoms with Crippen LogP contribution in [0.1, 0.15) is 26.3 Å². The zero-order chi connectivity index (χ0) is 24.0. The predicted octanol–water partition coefficient (Wildman–Crippen LogP) is 7.00. The number of rotatable bonds is 7. The number of nitrogens with zero attached hydrogens (tertiary/aromatic N) is 1. The van der Waals surface area contributed by atoms with Gasteiger partial charge in [0.25, 0.3) is 5.69 Å². The Labute approximate surface area is 196 Å². The maximum Gasteiger partial charge on any atom is 0.412 e. The normalized spacial score (nSPS) is 10.9. The minimum Gasteiger partial charge on any atom is -0.457 e. The molecule has 0 heterocycles. The Kier molecular flexibility index (Phi) is 7.40. The number of nitrogens with one attached hydrogen (secondary N) is 2. The summed E-state index contributed by atoms with van der Waals surface area (Å²) in [6.07, 6.45) is -0.640. The molecule has 0 aliphatic heterocycles. The number of amides is 1. The van der Waals surface area contributed by atoms with E-state index in [4.69, 9.17) is 21.1 Å². The van der Waals surface area contributed by atoms with Crippen molar-refractivity contribution in [3.8, 4) is 11.5 Å². The molecule has 3 rings (SSSR count). The van der Waals surface area contributed by atoms with Gasteiger partial charge in [-0.15, -0.1) is 0 Å². The number of hydrogen-bond acceptors (Lipinski definition) is 6. The lowest BCUT2D eigenvalue weighted by Gasteiger charge is -2.19. The van der Waals surface area contributed by atoms with E-state index in [1.807, 2.05) is 12.1 Å². The summed E-state index contributed by atoms with van der Waals surface area (Å²) in [5, 5.41) is 17.7. The van der Waals surface area contributed by atoms with E-state index >= 15 is 0 Å². The maximum atomic E-state index is 12.0. The predicted molar refractivity (Wildman–Crippen MR) is 128 cm³/mol. The third-order valence-electron chi connectivity index (χ3n) is 4.29. The van der Waals surface area contributed by atoms with Crippen LogP contribution in [-0.2, 0) is 11.3 Å². The lowest BCUT2D eigenvalue weighted by Crippen LogP contribution is -2.27. The first kappa shape index (κ1) is 23.9. The smallest absolute Gasteiger partial charge is 0.412 e. The van der Waals surface area contributed by atoms with E-state index in [0.29, 0.717) is 28.8 Å². The molecule has 9 heteroatoms. The number of nitro benzene ring substituents is 1. The van der Waals surface area contributed by atoms with E-state index in [1.54, 1.807) is 57.2 Å². The number of carbonyl (C=O) groups excluding carboxylic acids is 1. The highest BCUT2D eigenvalue weighted by Gasteiger charge is 2.18. The number of ether oxygens (including phenoxy) is 2. The first-order chi connectivity index (χ1) is 15.6. The Morgan fingerprint density at radius 1 is 1.00 bits per heavy atom. The molecule has 1 amide bonds. The second-order valence-corrected chi connectivity index (χ2v) is 8.61. The average Bonchev–Trinajstić information content (AvgIpc) is 2.73. The molecule has 0 bridgehead atoms. The second-order valence-electron chi connectivity index (χ2n) is 8.17. The van der Waals surface area contributed by atoms with Crippen molar-refractivity contribution in [2.75, 3.05) is 10.6 Å². The number of carbonyl (C=O) groups is 1. The van der Waals surface area contributed by atoms with Gasteiger partial charge in [0.1, 0.15) is 22.8 Å². The molecule has 3 aromatic rings. The number of benzene rings is 3. The van der Waals surface area contributed by atoms with Gasteiger partial charge in [0, 0.05) is 23.3 Å². The molecule has 3 aromatic carbocycles. The summed E-state index contributed by atoms with van der Waals surface area (Å²) in [5.74, 6) is 1.31. The van der Waals surface area contributed by atoms with Crippen molar-refractivity contribution in [1.82, 2.24) is 0 Å². The van der Waals surface area contributed by atoms with E-state index in [-0.39, 0.29) is 11.4 Å². The molecule has 0 aromatic heterocycles. The quantitative estimate of drug-likeness (QED) is 0.285. The molecule has 0 saturated carbocycles. The van der Waals surface area contributed by atoms with Crippen molar-refractivity contribution in [2.45, 2.75) is 32.9 Å². The molecule has 0 atom stereocenters. The van der Waals surface area contributed by atoms with E-state index in [9.17, 15) is 14.9 Å². The van der Waals surface area contributed by atoms with Gasteiger partial charge in [0.15, 0.2) is 0 Å². The van der Waals surface area contributed by atoms with Gasteiger partial charge < -0.3 is 14.8 Å². The van der Waals surface area contributed by atoms with Gasteiger partial charge in [0.2, 0.25) is 0 Å². The number of halogens is 1. The number of nitro groups is 1. The highest BCUT2D eigenvalue weighted by atomic mass is 35.5. The first-order valence-electron chi connectivity index (χ1n) is 10.1. The fraction of sp³-hybridized carbons (Fsp3) is 0.208. The molecule has 0 radical (unpaired) electrons. The largest absolute Gasteiger partial charge is 0.457 e. The molecule has 0 fully saturated rings. The molecular formula is C24H24ClN3O5. The van der Waals surface area contributed by atoms with Crippen LogP contribution in [0.5, 0.6) is 11.5 Å². The topological polar surface area (TPSA) is 103 Å². The van der Waals surface area contributed by atoms with Gasteiger partial charge in [0.05, 0.1) is 4.92 Å². The molecule has 2 N–H and O–H groups in total. The van der Waals surface area contributed by atoms with E-state index in [1.165, 1.54) is 18.2 Å². The SMILES string of the molecule is CC(C)(C)OC(=O)Nc1ccc([N+](=O)[O-])c(NCc2ccc(Oc3ccc(Cl)cc3)cc2)c1. The van der Waals surface area contributed by atoms with E-state index in [0.717, 1.165) is 5.56 Å². The lowest BCUT2D eigenvalue weighted by molar-refractivity contribution is -0.384. The Bertz CT molecular complexity index is 1130. The van der Waals surface area contributed by atoms with Crippen LogP contribution in [0.3, 0.4) is 0 Å². The average molecular weight is 470 g/mol. The van der Waals surface area contributed by atoms with Crippen LogP contribution in [0.4, 0.5) is 21.9 Å². The standard InChI is InChI=1S/C24H24ClN3O5/c1-24(2,3)33-23(29)27-18-8-13-22(28(30)31)21(14-18)26-15-16-4-9-19(10-5-16)32-20-11-6-17(25)7-12-20/h4-14,26H,15H2,1-3H3,(H,27,29). The highest BCUT2D eigenvalue weighted by molar-refractivity contribution is 6.30. The van der Waals surface area contributed by atoms with Gasteiger partial charge in [-0.3, -0.25) is 15.4 Å². The number of anilines is 2. The number of hydrogen-bond donors (Lipinski definition) is 2. The molecule has 0 aliphatic carbocycles. The minimum absolute atomic E-state index is 0.104. The molecule has 33 heavy (non-hydrogen) atoms. The first-order valence-corrected chi connectivity index (χ1v) is 10.5. The Hall–Kier alpha value is -3.78. The van der Waals surface area contributed by atoms with Crippen molar-refractivity contribution in [1.29, 1.82) is 0 Å². The van der Waals surface area contributed by atoms with Crippen LogP contribution >= 0.6 is 11.6 Å². The third-order valence-corrected chi connectivity index (χ3v) is 4.55. The Balaban J connectivity index is 1.67. The van der Waals surface area contributed by atoms with Crippen LogP contribution in [-0.4, -0.2) is 16.6 Å². The van der Waals surface area contributed by atoms with Gasteiger partial charge in [-0.1, -0.05) is 23.7 Å². The summed E-state index contributed by atoms with van der Waals surface area (Å²) in [7, 11) is 0. The highest BCUT2D eigenvalue weighted by Crippen LogP contribution is 2.29. The van der Waals surface area contributed by atoms with Crippen LogP contribution in [0.2, 0.25) is 5.02 Å². The molecule has 0 aliphatic rings.